The van der Waals surface area contributed by atoms with E-state index in [0.29, 0.717) is 17.9 Å². The maximum Gasteiger partial charge on any atom is 0.344 e. The van der Waals surface area contributed by atoms with Gasteiger partial charge >= 0.3 is 5.97 Å². The molecule has 0 aromatic heterocycles. The predicted molar refractivity (Wildman–Crippen MR) is 103 cm³/mol. The predicted octanol–water partition coefficient (Wildman–Crippen LogP) is 2.66. The lowest BCUT2D eigenvalue weighted by Crippen LogP contribution is -2.35. The number of carbonyl (C=O) groups is 3. The van der Waals surface area contributed by atoms with Gasteiger partial charge < -0.3 is 14.8 Å². The Morgan fingerprint density at radius 1 is 0.964 bits per heavy atom. The summed E-state index contributed by atoms with van der Waals surface area (Å²) < 4.78 is 10.2. The number of rotatable bonds is 9. The van der Waals surface area contributed by atoms with Gasteiger partial charge in [0, 0.05) is 17.5 Å². The molecule has 0 spiro atoms. The van der Waals surface area contributed by atoms with Gasteiger partial charge in [-0.2, -0.15) is 0 Å². The third-order valence-electron chi connectivity index (χ3n) is 4.85. The minimum atomic E-state index is -0.630. The highest BCUT2D eigenvalue weighted by molar-refractivity contribution is 5.94. The molecule has 0 aliphatic heterocycles. The Labute approximate surface area is 163 Å². The summed E-state index contributed by atoms with van der Waals surface area (Å²) in [4.78, 5) is 34.9. The van der Waals surface area contributed by atoms with Crippen LogP contribution < -0.4 is 10.1 Å². The molecule has 0 saturated heterocycles. The largest absolute Gasteiger partial charge is 0.482 e. The SMILES string of the molecule is CC(=O)c1ccc(OCC(=O)OCC(=O)NCC2(c3ccccc3)CC2)cc1. The molecule has 0 heterocycles. The smallest absolute Gasteiger partial charge is 0.344 e. The first-order chi connectivity index (χ1) is 13.5. The lowest BCUT2D eigenvalue weighted by Gasteiger charge is -2.16. The van der Waals surface area contributed by atoms with E-state index in [1.54, 1.807) is 24.3 Å². The zero-order valence-electron chi connectivity index (χ0n) is 15.8. The first kappa shape index (κ1) is 19.6. The Hall–Kier alpha value is -3.15. The molecule has 1 amide bonds. The fraction of sp³-hybridized carbons (Fsp3) is 0.318. The summed E-state index contributed by atoms with van der Waals surface area (Å²) in [5.41, 5.74) is 1.79. The van der Waals surface area contributed by atoms with Gasteiger partial charge in [-0.15, -0.1) is 0 Å². The number of nitrogens with one attached hydrogen (secondary N) is 1. The fourth-order valence-electron chi connectivity index (χ4n) is 2.94. The van der Waals surface area contributed by atoms with Crippen LogP contribution in [-0.4, -0.2) is 37.4 Å². The van der Waals surface area contributed by atoms with Gasteiger partial charge in [0.2, 0.25) is 0 Å². The van der Waals surface area contributed by atoms with Crippen LogP contribution in [0.5, 0.6) is 5.75 Å². The zero-order valence-corrected chi connectivity index (χ0v) is 15.8. The lowest BCUT2D eigenvalue weighted by molar-refractivity contribution is -0.150. The quantitative estimate of drug-likeness (QED) is 0.533. The van der Waals surface area contributed by atoms with Crippen molar-refractivity contribution in [2.75, 3.05) is 19.8 Å². The van der Waals surface area contributed by atoms with Crippen LogP contribution in [-0.2, 0) is 19.7 Å². The minimum absolute atomic E-state index is 0.00999. The summed E-state index contributed by atoms with van der Waals surface area (Å²) in [6, 6.07) is 16.5. The molecule has 1 N–H and O–H groups in total. The van der Waals surface area contributed by atoms with Crippen LogP contribution in [0.2, 0.25) is 0 Å². The monoisotopic (exact) mass is 381 g/mol. The maximum absolute atomic E-state index is 12.0. The number of hydrogen-bond acceptors (Lipinski definition) is 5. The molecule has 2 aromatic rings. The Morgan fingerprint density at radius 2 is 1.64 bits per heavy atom. The molecule has 0 radical (unpaired) electrons. The number of Topliss-reactive ketones (excluding diaryl/α,β-unsaturated/α-hetero) is 1. The number of benzene rings is 2. The molecule has 146 valence electrons. The van der Waals surface area contributed by atoms with E-state index in [0.717, 1.165) is 12.8 Å². The van der Waals surface area contributed by atoms with Crippen molar-refractivity contribution in [1.29, 1.82) is 0 Å². The van der Waals surface area contributed by atoms with E-state index in [4.69, 9.17) is 9.47 Å². The third-order valence-corrected chi connectivity index (χ3v) is 4.85. The van der Waals surface area contributed by atoms with Crippen molar-refractivity contribution in [2.24, 2.45) is 0 Å². The van der Waals surface area contributed by atoms with E-state index in [1.807, 2.05) is 18.2 Å². The molecule has 28 heavy (non-hydrogen) atoms. The Morgan fingerprint density at radius 3 is 2.25 bits per heavy atom. The molecule has 6 nitrogen and oxygen atoms in total. The van der Waals surface area contributed by atoms with Crippen molar-refractivity contribution in [3.63, 3.8) is 0 Å². The number of carbonyl (C=O) groups excluding carboxylic acids is 3. The van der Waals surface area contributed by atoms with Gasteiger partial charge in [-0.25, -0.2) is 4.79 Å². The molecule has 2 aromatic carbocycles. The summed E-state index contributed by atoms with van der Waals surface area (Å²) in [7, 11) is 0. The lowest BCUT2D eigenvalue weighted by atomic mass is 9.96. The molecule has 3 rings (SSSR count). The summed E-state index contributed by atoms with van der Waals surface area (Å²) in [6.07, 6.45) is 2.07. The van der Waals surface area contributed by atoms with Gasteiger partial charge in [-0.05, 0) is 49.6 Å². The standard InChI is InChI=1S/C22H23NO5/c1-16(24)17-7-9-19(10-8-17)27-14-21(26)28-13-20(25)23-15-22(11-12-22)18-5-3-2-4-6-18/h2-10H,11-15H2,1H3,(H,23,25). The van der Waals surface area contributed by atoms with Gasteiger partial charge in [-0.1, -0.05) is 30.3 Å². The molecule has 0 unspecified atom stereocenters. The van der Waals surface area contributed by atoms with Gasteiger partial charge in [0.25, 0.3) is 5.91 Å². The minimum Gasteiger partial charge on any atom is -0.482 e. The van der Waals surface area contributed by atoms with Crippen LogP contribution in [0, 0.1) is 0 Å². The van der Waals surface area contributed by atoms with E-state index in [2.05, 4.69) is 17.4 Å². The number of ketones is 1. The van der Waals surface area contributed by atoms with E-state index in [-0.39, 0.29) is 30.3 Å². The molecular weight excluding hydrogens is 358 g/mol. The average molecular weight is 381 g/mol. The van der Waals surface area contributed by atoms with Crippen LogP contribution in [0.3, 0.4) is 0 Å². The van der Waals surface area contributed by atoms with Gasteiger partial charge in [0.1, 0.15) is 5.75 Å². The van der Waals surface area contributed by atoms with Crippen LogP contribution >= 0.6 is 0 Å². The Kier molecular flexibility index (Phi) is 6.09. The molecule has 6 heteroatoms. The number of hydrogen-bond donors (Lipinski definition) is 1. The molecule has 1 aliphatic rings. The van der Waals surface area contributed by atoms with Crippen LogP contribution in [0.1, 0.15) is 35.7 Å². The number of ether oxygens (including phenoxy) is 2. The van der Waals surface area contributed by atoms with E-state index < -0.39 is 5.97 Å². The van der Waals surface area contributed by atoms with Crippen molar-refractivity contribution in [3.05, 3.63) is 65.7 Å². The van der Waals surface area contributed by atoms with E-state index >= 15 is 0 Å². The van der Waals surface area contributed by atoms with Gasteiger partial charge in [0.05, 0.1) is 0 Å². The second-order valence-corrected chi connectivity index (χ2v) is 6.95. The highest BCUT2D eigenvalue weighted by Gasteiger charge is 2.44. The Bertz CT molecular complexity index is 841. The fourth-order valence-corrected chi connectivity index (χ4v) is 2.94. The Balaban J connectivity index is 1.36. The summed E-state index contributed by atoms with van der Waals surface area (Å²) in [5.74, 6) is -0.557. The molecule has 1 aliphatic carbocycles. The molecule has 0 bridgehead atoms. The first-order valence-electron chi connectivity index (χ1n) is 9.20. The van der Waals surface area contributed by atoms with Crippen molar-refractivity contribution in [2.45, 2.75) is 25.2 Å². The first-order valence-corrected chi connectivity index (χ1v) is 9.20. The van der Waals surface area contributed by atoms with Crippen molar-refractivity contribution >= 4 is 17.7 Å². The maximum atomic E-state index is 12.0. The van der Waals surface area contributed by atoms with Crippen LogP contribution in [0.25, 0.3) is 0 Å². The van der Waals surface area contributed by atoms with Crippen molar-refractivity contribution in [3.8, 4) is 5.75 Å². The van der Waals surface area contributed by atoms with Gasteiger partial charge in [-0.3, -0.25) is 9.59 Å². The number of esters is 1. The summed E-state index contributed by atoms with van der Waals surface area (Å²) >= 11 is 0. The normalized spacial score (nSPS) is 14.0. The van der Waals surface area contributed by atoms with Crippen LogP contribution in [0.4, 0.5) is 0 Å². The second-order valence-electron chi connectivity index (χ2n) is 6.95. The summed E-state index contributed by atoms with van der Waals surface area (Å²) in [5, 5.41) is 2.84. The molecule has 1 saturated carbocycles. The average Bonchev–Trinajstić information content (AvgIpc) is 3.51. The van der Waals surface area contributed by atoms with Gasteiger partial charge in [0.15, 0.2) is 19.0 Å². The second kappa shape index (κ2) is 8.69. The van der Waals surface area contributed by atoms with Crippen molar-refractivity contribution in [1.82, 2.24) is 5.32 Å². The zero-order chi connectivity index (χ0) is 20.0. The van der Waals surface area contributed by atoms with Crippen LogP contribution in [0.15, 0.2) is 54.6 Å². The summed E-state index contributed by atoms with van der Waals surface area (Å²) in [6.45, 7) is 1.37. The topological polar surface area (TPSA) is 81.7 Å². The number of amides is 1. The van der Waals surface area contributed by atoms with E-state index in [1.165, 1.54) is 12.5 Å². The molecular formula is C22H23NO5. The molecule has 1 fully saturated rings. The van der Waals surface area contributed by atoms with E-state index in [9.17, 15) is 14.4 Å². The van der Waals surface area contributed by atoms with Crippen molar-refractivity contribution < 1.29 is 23.9 Å². The third kappa shape index (κ3) is 5.19. The highest BCUT2D eigenvalue weighted by Crippen LogP contribution is 2.47. The molecule has 0 atom stereocenters. The highest BCUT2D eigenvalue weighted by atomic mass is 16.6.